The first kappa shape index (κ1) is 11.1. The molecular formula is C16H9ClOS. The Morgan fingerprint density at radius 2 is 1.74 bits per heavy atom. The molecule has 4 rings (SSSR count). The molecule has 1 N–H and O–H groups in total. The van der Waals surface area contributed by atoms with E-state index in [2.05, 4.69) is 12.1 Å². The quantitative estimate of drug-likeness (QED) is 0.448. The van der Waals surface area contributed by atoms with Gasteiger partial charge in [-0.15, -0.1) is 11.3 Å². The molecule has 0 spiro atoms. The molecule has 0 bridgehead atoms. The van der Waals surface area contributed by atoms with Crippen LogP contribution in [0, 0.1) is 0 Å². The van der Waals surface area contributed by atoms with Crippen molar-refractivity contribution in [3.05, 3.63) is 53.6 Å². The van der Waals surface area contributed by atoms with E-state index in [1.54, 1.807) is 17.4 Å². The zero-order valence-electron chi connectivity index (χ0n) is 9.85. The summed E-state index contributed by atoms with van der Waals surface area (Å²) in [6.45, 7) is 0. The summed E-state index contributed by atoms with van der Waals surface area (Å²) in [5, 5.41) is 15.1. The molecule has 3 aromatic carbocycles. The molecule has 0 aliphatic heterocycles. The SMILES string of the molecule is Oc1cccc2ccc3sc4c(Cl)cccc4c3c12. The van der Waals surface area contributed by atoms with Gasteiger partial charge in [0.1, 0.15) is 5.75 Å². The van der Waals surface area contributed by atoms with E-state index in [0.717, 1.165) is 36.0 Å². The molecule has 0 unspecified atom stereocenters. The molecule has 1 aromatic heterocycles. The average molecular weight is 285 g/mol. The van der Waals surface area contributed by atoms with Crippen LogP contribution in [0.3, 0.4) is 0 Å². The standard InChI is InChI=1S/C16H9ClOS/c17-11-5-2-4-10-15-13(19-16(10)11)8-7-9-3-1-6-12(18)14(9)15/h1-8,18H. The second-order valence-electron chi connectivity index (χ2n) is 4.53. The van der Waals surface area contributed by atoms with E-state index >= 15 is 0 Å². The number of fused-ring (bicyclic) bond motifs is 5. The highest BCUT2D eigenvalue weighted by atomic mass is 35.5. The van der Waals surface area contributed by atoms with Crippen molar-refractivity contribution < 1.29 is 5.11 Å². The zero-order valence-corrected chi connectivity index (χ0v) is 11.4. The number of benzene rings is 3. The first-order valence-corrected chi connectivity index (χ1v) is 7.16. The van der Waals surface area contributed by atoms with E-state index in [-0.39, 0.29) is 0 Å². The highest BCUT2D eigenvalue weighted by Gasteiger charge is 2.12. The second kappa shape index (κ2) is 3.86. The molecular weight excluding hydrogens is 276 g/mol. The third-order valence-corrected chi connectivity index (χ3v) is 5.06. The molecule has 4 aromatic rings. The summed E-state index contributed by atoms with van der Waals surface area (Å²) in [4.78, 5) is 0. The Morgan fingerprint density at radius 3 is 2.63 bits per heavy atom. The van der Waals surface area contributed by atoms with Crippen LogP contribution in [0.15, 0.2) is 48.5 Å². The van der Waals surface area contributed by atoms with E-state index in [0.29, 0.717) is 5.75 Å². The molecule has 0 saturated heterocycles. The minimum Gasteiger partial charge on any atom is -0.507 e. The summed E-state index contributed by atoms with van der Waals surface area (Å²) < 4.78 is 2.23. The molecule has 92 valence electrons. The van der Waals surface area contributed by atoms with Crippen LogP contribution >= 0.6 is 22.9 Å². The van der Waals surface area contributed by atoms with Crippen LogP contribution in [-0.2, 0) is 0 Å². The molecule has 1 nitrogen and oxygen atoms in total. The largest absolute Gasteiger partial charge is 0.507 e. The number of phenolic OH excluding ortho intramolecular Hbond substituents is 1. The lowest BCUT2D eigenvalue weighted by atomic mass is 10.0. The van der Waals surface area contributed by atoms with Crippen LogP contribution in [0.4, 0.5) is 0 Å². The smallest absolute Gasteiger partial charge is 0.124 e. The Labute approximate surface area is 118 Å². The fraction of sp³-hybridized carbons (Fsp3) is 0. The van der Waals surface area contributed by atoms with Crippen LogP contribution < -0.4 is 0 Å². The number of aromatic hydroxyl groups is 1. The summed E-state index contributed by atoms with van der Waals surface area (Å²) in [6.07, 6.45) is 0. The minimum atomic E-state index is 0.322. The van der Waals surface area contributed by atoms with Gasteiger partial charge in [-0.1, -0.05) is 41.9 Å². The number of phenols is 1. The Morgan fingerprint density at radius 1 is 0.895 bits per heavy atom. The minimum absolute atomic E-state index is 0.322. The predicted molar refractivity (Wildman–Crippen MR) is 83.5 cm³/mol. The van der Waals surface area contributed by atoms with Gasteiger partial charge in [-0.05, 0) is 23.6 Å². The Kier molecular flexibility index (Phi) is 2.25. The summed E-state index contributed by atoms with van der Waals surface area (Å²) >= 11 is 7.94. The Balaban J connectivity index is 2.39. The van der Waals surface area contributed by atoms with Crippen molar-refractivity contribution in [1.82, 2.24) is 0 Å². The maximum absolute atomic E-state index is 10.2. The third kappa shape index (κ3) is 1.47. The van der Waals surface area contributed by atoms with Crippen molar-refractivity contribution in [3.63, 3.8) is 0 Å². The summed E-state index contributed by atoms with van der Waals surface area (Å²) in [6, 6.07) is 15.7. The van der Waals surface area contributed by atoms with Gasteiger partial charge in [-0.25, -0.2) is 0 Å². The van der Waals surface area contributed by atoms with E-state index < -0.39 is 0 Å². The van der Waals surface area contributed by atoms with Crippen molar-refractivity contribution in [2.24, 2.45) is 0 Å². The number of hydrogen-bond acceptors (Lipinski definition) is 2. The van der Waals surface area contributed by atoms with Crippen molar-refractivity contribution in [1.29, 1.82) is 0 Å². The molecule has 0 aliphatic rings. The normalized spacial score (nSPS) is 11.6. The van der Waals surface area contributed by atoms with Gasteiger partial charge >= 0.3 is 0 Å². The summed E-state index contributed by atoms with van der Waals surface area (Å²) in [5.41, 5.74) is 0. The van der Waals surface area contributed by atoms with Gasteiger partial charge in [-0.2, -0.15) is 0 Å². The lowest BCUT2D eigenvalue weighted by molar-refractivity contribution is 0.482. The maximum Gasteiger partial charge on any atom is 0.124 e. The van der Waals surface area contributed by atoms with Crippen LogP contribution in [0.5, 0.6) is 5.75 Å². The highest BCUT2D eigenvalue weighted by molar-refractivity contribution is 7.26. The van der Waals surface area contributed by atoms with Crippen molar-refractivity contribution >= 4 is 53.9 Å². The van der Waals surface area contributed by atoms with Gasteiger partial charge < -0.3 is 5.11 Å². The van der Waals surface area contributed by atoms with Gasteiger partial charge in [0.15, 0.2) is 0 Å². The van der Waals surface area contributed by atoms with Crippen LogP contribution in [0.25, 0.3) is 30.9 Å². The van der Waals surface area contributed by atoms with E-state index in [1.165, 1.54) is 0 Å². The topological polar surface area (TPSA) is 20.2 Å². The number of rotatable bonds is 0. The molecule has 0 saturated carbocycles. The summed E-state index contributed by atoms with van der Waals surface area (Å²) in [5.74, 6) is 0.322. The maximum atomic E-state index is 10.2. The van der Waals surface area contributed by atoms with E-state index in [4.69, 9.17) is 11.6 Å². The predicted octanol–water partition coefficient (Wildman–Crippen LogP) is 5.57. The molecule has 3 heteroatoms. The Bertz CT molecular complexity index is 940. The zero-order chi connectivity index (χ0) is 13.0. The van der Waals surface area contributed by atoms with Crippen LogP contribution in [0.1, 0.15) is 0 Å². The fourth-order valence-electron chi connectivity index (χ4n) is 2.61. The molecule has 19 heavy (non-hydrogen) atoms. The molecule has 0 radical (unpaired) electrons. The lowest BCUT2D eigenvalue weighted by Crippen LogP contribution is -1.75. The van der Waals surface area contributed by atoms with Gasteiger partial charge in [0.2, 0.25) is 0 Å². The molecule has 0 fully saturated rings. The van der Waals surface area contributed by atoms with Crippen LogP contribution in [-0.4, -0.2) is 5.11 Å². The van der Waals surface area contributed by atoms with Crippen molar-refractivity contribution in [3.8, 4) is 5.75 Å². The van der Waals surface area contributed by atoms with Gasteiger partial charge in [0.25, 0.3) is 0 Å². The molecule has 1 heterocycles. The van der Waals surface area contributed by atoms with Crippen molar-refractivity contribution in [2.75, 3.05) is 0 Å². The number of hydrogen-bond donors (Lipinski definition) is 1. The average Bonchev–Trinajstić information content (AvgIpc) is 2.79. The molecule has 0 aliphatic carbocycles. The monoisotopic (exact) mass is 284 g/mol. The number of thiophene rings is 1. The van der Waals surface area contributed by atoms with Gasteiger partial charge in [-0.3, -0.25) is 0 Å². The first-order valence-electron chi connectivity index (χ1n) is 5.97. The fourth-order valence-corrected chi connectivity index (χ4v) is 4.02. The van der Waals surface area contributed by atoms with E-state index in [1.807, 2.05) is 30.3 Å². The number of halogens is 1. The molecule has 0 atom stereocenters. The van der Waals surface area contributed by atoms with Gasteiger partial charge in [0, 0.05) is 20.9 Å². The van der Waals surface area contributed by atoms with E-state index in [9.17, 15) is 5.11 Å². The summed E-state index contributed by atoms with van der Waals surface area (Å²) in [7, 11) is 0. The van der Waals surface area contributed by atoms with Crippen LogP contribution in [0.2, 0.25) is 5.02 Å². The lowest BCUT2D eigenvalue weighted by Gasteiger charge is -2.03. The third-order valence-electron chi connectivity index (χ3n) is 3.43. The Hall–Kier alpha value is -1.77. The highest BCUT2D eigenvalue weighted by Crippen LogP contribution is 2.43. The van der Waals surface area contributed by atoms with Gasteiger partial charge in [0.05, 0.1) is 9.72 Å². The second-order valence-corrected chi connectivity index (χ2v) is 5.99. The first-order chi connectivity index (χ1) is 9.25. The molecule has 0 amide bonds. The van der Waals surface area contributed by atoms with Crippen molar-refractivity contribution in [2.45, 2.75) is 0 Å².